The van der Waals surface area contributed by atoms with E-state index in [1.165, 1.54) is 0 Å². The maximum atomic E-state index is 9.34. The van der Waals surface area contributed by atoms with Crippen molar-refractivity contribution in [3.8, 4) is 0 Å². The Morgan fingerprint density at radius 1 is 1.21 bits per heavy atom. The first-order valence-electron chi connectivity index (χ1n) is 5.03. The molecule has 2 N–H and O–H groups in total. The molecule has 2 heterocycles. The first-order chi connectivity index (χ1) is 6.75. The first-order valence-corrected chi connectivity index (χ1v) is 5.03. The molecular formula is C9H17NO4. The van der Waals surface area contributed by atoms with E-state index >= 15 is 0 Å². The second-order valence-electron chi connectivity index (χ2n) is 3.96. The van der Waals surface area contributed by atoms with E-state index in [1.807, 2.05) is 4.90 Å². The number of nitrogens with zero attached hydrogens (tertiary/aromatic N) is 1. The smallest absolute Gasteiger partial charge is 0.147 e. The average Bonchev–Trinajstić information content (AvgIpc) is 2.47. The van der Waals surface area contributed by atoms with Gasteiger partial charge >= 0.3 is 0 Å². The highest BCUT2D eigenvalue weighted by Gasteiger charge is 2.31. The molecule has 0 aromatic carbocycles. The summed E-state index contributed by atoms with van der Waals surface area (Å²) in [6.07, 6.45) is -0.131. The fourth-order valence-corrected chi connectivity index (χ4v) is 1.93. The van der Waals surface area contributed by atoms with Crippen LogP contribution < -0.4 is 0 Å². The summed E-state index contributed by atoms with van der Waals surface area (Å²) in [5.74, 6) is 0. The molecule has 5 heteroatoms. The summed E-state index contributed by atoms with van der Waals surface area (Å²) in [6, 6.07) is 0. The zero-order valence-corrected chi connectivity index (χ0v) is 8.13. The lowest BCUT2D eigenvalue weighted by molar-refractivity contribution is -0.144. The molecule has 14 heavy (non-hydrogen) atoms. The van der Waals surface area contributed by atoms with Crippen LogP contribution in [0.3, 0.4) is 0 Å². The molecular weight excluding hydrogens is 186 g/mol. The topological polar surface area (TPSA) is 62.2 Å². The van der Waals surface area contributed by atoms with Crippen molar-refractivity contribution in [2.75, 3.05) is 33.0 Å². The first kappa shape index (κ1) is 10.3. The van der Waals surface area contributed by atoms with Gasteiger partial charge in [-0.15, -0.1) is 0 Å². The van der Waals surface area contributed by atoms with Gasteiger partial charge in [-0.3, -0.25) is 4.90 Å². The average molecular weight is 203 g/mol. The third-order valence-electron chi connectivity index (χ3n) is 2.77. The van der Waals surface area contributed by atoms with Crippen molar-refractivity contribution in [1.82, 2.24) is 4.90 Å². The van der Waals surface area contributed by atoms with Crippen molar-refractivity contribution in [3.63, 3.8) is 0 Å². The summed E-state index contributed by atoms with van der Waals surface area (Å²) in [7, 11) is 0. The molecule has 0 spiro atoms. The van der Waals surface area contributed by atoms with Crippen molar-refractivity contribution < 1.29 is 19.7 Å². The summed E-state index contributed by atoms with van der Waals surface area (Å²) < 4.78 is 10.5. The van der Waals surface area contributed by atoms with E-state index in [0.29, 0.717) is 19.9 Å². The number of ether oxygens (including phenoxy) is 2. The molecule has 0 radical (unpaired) electrons. The zero-order chi connectivity index (χ0) is 9.97. The summed E-state index contributed by atoms with van der Waals surface area (Å²) in [4.78, 5) is 2.03. The summed E-state index contributed by atoms with van der Waals surface area (Å²) >= 11 is 0. The molecule has 0 saturated carbocycles. The molecule has 0 aromatic heterocycles. The van der Waals surface area contributed by atoms with Crippen molar-refractivity contribution in [2.45, 2.75) is 24.7 Å². The molecule has 0 amide bonds. The van der Waals surface area contributed by atoms with E-state index in [-0.39, 0.29) is 6.10 Å². The van der Waals surface area contributed by atoms with Gasteiger partial charge in [0.15, 0.2) is 0 Å². The molecule has 3 unspecified atom stereocenters. The van der Waals surface area contributed by atoms with Crippen LogP contribution in [0, 0.1) is 0 Å². The molecule has 2 fully saturated rings. The molecule has 0 aromatic rings. The molecule has 0 aliphatic carbocycles. The number of hydrogen-bond donors (Lipinski definition) is 2. The number of aliphatic hydroxyl groups excluding tert-OH is 2. The van der Waals surface area contributed by atoms with Gasteiger partial charge in [-0.2, -0.15) is 0 Å². The lowest BCUT2D eigenvalue weighted by Crippen LogP contribution is -2.36. The molecule has 3 atom stereocenters. The van der Waals surface area contributed by atoms with Crippen molar-refractivity contribution in [1.29, 1.82) is 0 Å². The van der Waals surface area contributed by atoms with Crippen LogP contribution in [0.25, 0.3) is 0 Å². The second-order valence-corrected chi connectivity index (χ2v) is 3.96. The molecule has 2 saturated heterocycles. The molecule has 5 nitrogen and oxygen atoms in total. The van der Waals surface area contributed by atoms with Crippen molar-refractivity contribution in [3.05, 3.63) is 0 Å². The Bertz CT molecular complexity index is 174. The third kappa shape index (κ3) is 2.43. The Labute approximate surface area is 83.2 Å². The van der Waals surface area contributed by atoms with E-state index in [2.05, 4.69) is 0 Å². The lowest BCUT2D eigenvalue weighted by atomic mass is 10.2. The van der Waals surface area contributed by atoms with Gasteiger partial charge in [0.05, 0.1) is 24.9 Å². The van der Waals surface area contributed by atoms with Gasteiger partial charge in [0.1, 0.15) is 6.79 Å². The fraction of sp³-hybridized carbons (Fsp3) is 1.00. The molecule has 2 rings (SSSR count). The van der Waals surface area contributed by atoms with Gasteiger partial charge in [-0.25, -0.2) is 0 Å². The third-order valence-corrected chi connectivity index (χ3v) is 2.77. The molecule has 2 aliphatic heterocycles. The zero-order valence-electron chi connectivity index (χ0n) is 8.13. The monoisotopic (exact) mass is 203 g/mol. The van der Waals surface area contributed by atoms with E-state index < -0.39 is 12.2 Å². The normalized spacial score (nSPS) is 40.3. The van der Waals surface area contributed by atoms with Gasteiger partial charge in [-0.1, -0.05) is 0 Å². The van der Waals surface area contributed by atoms with Crippen LogP contribution in [0.15, 0.2) is 0 Å². The minimum absolute atomic E-state index is 0.182. The highest BCUT2D eigenvalue weighted by atomic mass is 16.7. The number of rotatable bonds is 2. The summed E-state index contributed by atoms with van der Waals surface area (Å²) in [5, 5.41) is 18.7. The minimum Gasteiger partial charge on any atom is -0.389 e. The second kappa shape index (κ2) is 4.55. The number of aliphatic hydroxyl groups is 2. The van der Waals surface area contributed by atoms with Crippen LogP contribution in [0.2, 0.25) is 0 Å². The highest BCUT2D eigenvalue weighted by Crippen LogP contribution is 2.14. The van der Waals surface area contributed by atoms with Crippen LogP contribution in [-0.2, 0) is 9.47 Å². The lowest BCUT2D eigenvalue weighted by Gasteiger charge is -2.26. The van der Waals surface area contributed by atoms with Gasteiger partial charge in [0, 0.05) is 19.6 Å². The van der Waals surface area contributed by atoms with Gasteiger partial charge in [-0.05, 0) is 6.42 Å². The van der Waals surface area contributed by atoms with E-state index in [1.54, 1.807) is 0 Å². The molecule has 82 valence electrons. The van der Waals surface area contributed by atoms with E-state index in [9.17, 15) is 10.2 Å². The van der Waals surface area contributed by atoms with E-state index in [4.69, 9.17) is 9.47 Å². The Morgan fingerprint density at radius 2 is 1.93 bits per heavy atom. The van der Waals surface area contributed by atoms with Crippen LogP contribution in [0.5, 0.6) is 0 Å². The standard InChI is InChI=1S/C9H17NO4/c11-8-4-10(5-9(8)12)3-7-1-2-13-6-14-7/h7-9,11-12H,1-6H2. The summed E-state index contributed by atoms with van der Waals surface area (Å²) in [6.45, 7) is 2.97. The Hall–Kier alpha value is -0.200. The van der Waals surface area contributed by atoms with E-state index in [0.717, 1.165) is 19.6 Å². The largest absolute Gasteiger partial charge is 0.389 e. The van der Waals surface area contributed by atoms with Crippen molar-refractivity contribution in [2.24, 2.45) is 0 Å². The predicted octanol–water partition coefficient (Wildman–Crippen LogP) is -1.21. The SMILES string of the molecule is OC1CN(CC2CCOCO2)CC1O. The number of likely N-dealkylation sites (tertiary alicyclic amines) is 1. The van der Waals surface area contributed by atoms with Crippen LogP contribution in [0.4, 0.5) is 0 Å². The highest BCUT2D eigenvalue weighted by molar-refractivity contribution is 4.84. The maximum absolute atomic E-state index is 9.34. The Balaban J connectivity index is 1.74. The molecule has 0 bridgehead atoms. The van der Waals surface area contributed by atoms with Crippen LogP contribution >= 0.6 is 0 Å². The Kier molecular flexibility index (Phi) is 3.35. The van der Waals surface area contributed by atoms with Gasteiger partial charge in [0.2, 0.25) is 0 Å². The van der Waals surface area contributed by atoms with Gasteiger partial charge < -0.3 is 19.7 Å². The predicted molar refractivity (Wildman–Crippen MR) is 48.8 cm³/mol. The van der Waals surface area contributed by atoms with Crippen molar-refractivity contribution >= 4 is 0 Å². The summed E-state index contributed by atoms with van der Waals surface area (Å²) in [5.41, 5.74) is 0. The minimum atomic E-state index is -0.602. The van der Waals surface area contributed by atoms with Gasteiger partial charge in [0.25, 0.3) is 0 Å². The Morgan fingerprint density at radius 3 is 2.50 bits per heavy atom. The number of β-amino-alcohol motifs (C(OH)–C–C–N with tert-alkyl or cyclic N) is 2. The van der Waals surface area contributed by atoms with Crippen LogP contribution in [0.1, 0.15) is 6.42 Å². The van der Waals surface area contributed by atoms with Crippen LogP contribution in [-0.4, -0.2) is 66.5 Å². The number of hydrogen-bond acceptors (Lipinski definition) is 5. The molecule has 2 aliphatic rings. The fourth-order valence-electron chi connectivity index (χ4n) is 1.93. The maximum Gasteiger partial charge on any atom is 0.147 e. The quantitative estimate of drug-likeness (QED) is 0.589.